The monoisotopic (exact) mass is 326 g/mol. The van der Waals surface area contributed by atoms with Crippen molar-refractivity contribution in [2.24, 2.45) is 0 Å². The first kappa shape index (κ1) is 15.1. The number of hydrogen-bond acceptors (Lipinski definition) is 2. The van der Waals surface area contributed by atoms with Crippen LogP contribution in [-0.2, 0) is 0 Å². The lowest BCUT2D eigenvalue weighted by Gasteiger charge is -2.39. The number of amides is 1. The van der Waals surface area contributed by atoms with E-state index in [0.29, 0.717) is 21.7 Å². The van der Waals surface area contributed by atoms with Gasteiger partial charge in [0.2, 0.25) is 0 Å². The third kappa shape index (κ3) is 3.20. The minimum absolute atomic E-state index is 0.0147. The van der Waals surface area contributed by atoms with Crippen LogP contribution in [0.5, 0.6) is 0 Å². The van der Waals surface area contributed by atoms with Crippen LogP contribution in [-0.4, -0.2) is 36.0 Å². The highest BCUT2D eigenvalue weighted by Gasteiger charge is 2.35. The second-order valence-corrected chi connectivity index (χ2v) is 6.73. The Morgan fingerprint density at radius 3 is 2.81 bits per heavy atom. The summed E-state index contributed by atoms with van der Waals surface area (Å²) in [7, 11) is 0. The van der Waals surface area contributed by atoms with Crippen LogP contribution in [0.15, 0.2) is 18.2 Å². The topological polar surface area (TPSA) is 32.3 Å². The van der Waals surface area contributed by atoms with Crippen LogP contribution in [0.2, 0.25) is 10.0 Å². The highest BCUT2D eigenvalue weighted by atomic mass is 35.5. The van der Waals surface area contributed by atoms with Gasteiger partial charge in [0.1, 0.15) is 0 Å². The molecule has 3 rings (SSSR count). The predicted molar refractivity (Wildman–Crippen MR) is 86.2 cm³/mol. The van der Waals surface area contributed by atoms with Gasteiger partial charge in [-0.15, -0.1) is 0 Å². The van der Waals surface area contributed by atoms with Crippen LogP contribution < -0.4 is 5.32 Å². The molecule has 2 fully saturated rings. The van der Waals surface area contributed by atoms with Gasteiger partial charge in [-0.3, -0.25) is 4.79 Å². The average Bonchev–Trinajstić information content (AvgIpc) is 3.03. The molecule has 0 radical (unpaired) electrons. The molecule has 0 aliphatic carbocycles. The summed E-state index contributed by atoms with van der Waals surface area (Å²) < 4.78 is 0. The minimum atomic E-state index is 0.0147. The van der Waals surface area contributed by atoms with Crippen molar-refractivity contribution in [1.82, 2.24) is 10.2 Å². The fraction of sp³-hybridized carbons (Fsp3) is 0.562. The molecule has 2 aliphatic heterocycles. The first-order valence-corrected chi connectivity index (χ1v) is 8.42. The van der Waals surface area contributed by atoms with Crippen molar-refractivity contribution in [2.75, 3.05) is 13.1 Å². The predicted octanol–water partition coefficient (Wildman–Crippen LogP) is 3.74. The molecular formula is C16H20Cl2N2O. The molecule has 2 heterocycles. The number of carbonyl (C=O) groups is 1. The average molecular weight is 327 g/mol. The van der Waals surface area contributed by atoms with Crippen molar-refractivity contribution in [3.63, 3.8) is 0 Å². The van der Waals surface area contributed by atoms with Gasteiger partial charge in [0.15, 0.2) is 0 Å². The standard InChI is InChI=1S/C16H20Cl2N2O/c17-11-6-7-13(18)12(10-11)16(21)20-9-2-1-5-15(20)14-4-3-8-19-14/h6-7,10,14-15,19H,1-5,8-9H2. The third-order valence-corrected chi connectivity index (χ3v) is 5.10. The van der Waals surface area contributed by atoms with Crippen molar-refractivity contribution < 1.29 is 4.79 Å². The summed E-state index contributed by atoms with van der Waals surface area (Å²) in [6, 6.07) is 5.80. The van der Waals surface area contributed by atoms with E-state index in [0.717, 1.165) is 32.4 Å². The zero-order chi connectivity index (χ0) is 14.8. The van der Waals surface area contributed by atoms with Crippen LogP contribution in [0.4, 0.5) is 0 Å². The highest BCUT2D eigenvalue weighted by Crippen LogP contribution is 2.28. The van der Waals surface area contributed by atoms with Gasteiger partial charge < -0.3 is 10.2 Å². The summed E-state index contributed by atoms with van der Waals surface area (Å²) in [6.45, 7) is 1.87. The summed E-state index contributed by atoms with van der Waals surface area (Å²) in [6.07, 6.45) is 5.67. The molecule has 0 aromatic heterocycles. The third-order valence-electron chi connectivity index (χ3n) is 4.53. The molecule has 0 saturated carbocycles. The maximum Gasteiger partial charge on any atom is 0.255 e. The SMILES string of the molecule is O=C(c1cc(Cl)ccc1Cl)N1CCCCC1C1CCCN1. The number of halogens is 2. The van der Waals surface area contributed by atoms with E-state index in [1.165, 1.54) is 12.8 Å². The van der Waals surface area contributed by atoms with E-state index in [-0.39, 0.29) is 11.9 Å². The Morgan fingerprint density at radius 2 is 2.05 bits per heavy atom. The number of likely N-dealkylation sites (tertiary alicyclic amines) is 1. The van der Waals surface area contributed by atoms with Crippen LogP contribution in [0.1, 0.15) is 42.5 Å². The van der Waals surface area contributed by atoms with Crippen molar-refractivity contribution in [1.29, 1.82) is 0 Å². The summed E-state index contributed by atoms with van der Waals surface area (Å²) in [5.74, 6) is 0.0147. The van der Waals surface area contributed by atoms with E-state index < -0.39 is 0 Å². The Labute approximate surface area is 135 Å². The van der Waals surface area contributed by atoms with Crippen LogP contribution in [0, 0.1) is 0 Å². The number of piperidine rings is 1. The van der Waals surface area contributed by atoms with E-state index in [1.807, 2.05) is 4.90 Å². The summed E-state index contributed by atoms with van der Waals surface area (Å²) in [4.78, 5) is 14.9. The fourth-order valence-electron chi connectivity index (χ4n) is 3.48. The molecular weight excluding hydrogens is 307 g/mol. The van der Waals surface area contributed by atoms with E-state index in [1.54, 1.807) is 18.2 Å². The Morgan fingerprint density at radius 1 is 1.19 bits per heavy atom. The summed E-state index contributed by atoms with van der Waals surface area (Å²) in [5.41, 5.74) is 0.522. The molecule has 1 amide bonds. The van der Waals surface area contributed by atoms with Crippen LogP contribution in [0.25, 0.3) is 0 Å². The first-order chi connectivity index (χ1) is 10.2. The Bertz CT molecular complexity index is 529. The molecule has 5 heteroatoms. The number of nitrogens with zero attached hydrogens (tertiary/aromatic N) is 1. The van der Waals surface area contributed by atoms with Crippen molar-refractivity contribution in [3.05, 3.63) is 33.8 Å². The van der Waals surface area contributed by atoms with Crippen molar-refractivity contribution >= 4 is 29.1 Å². The van der Waals surface area contributed by atoms with E-state index in [9.17, 15) is 4.79 Å². The number of rotatable bonds is 2. The van der Waals surface area contributed by atoms with Gasteiger partial charge in [-0.25, -0.2) is 0 Å². The number of benzene rings is 1. The number of hydrogen-bond donors (Lipinski definition) is 1. The lowest BCUT2D eigenvalue weighted by Crippen LogP contribution is -2.52. The zero-order valence-corrected chi connectivity index (χ0v) is 13.5. The minimum Gasteiger partial charge on any atom is -0.334 e. The summed E-state index contributed by atoms with van der Waals surface area (Å²) >= 11 is 12.2. The second-order valence-electron chi connectivity index (χ2n) is 5.89. The molecule has 3 nitrogen and oxygen atoms in total. The molecule has 2 unspecified atom stereocenters. The molecule has 1 aromatic carbocycles. The van der Waals surface area contributed by atoms with E-state index >= 15 is 0 Å². The largest absolute Gasteiger partial charge is 0.334 e. The van der Waals surface area contributed by atoms with Gasteiger partial charge in [-0.2, -0.15) is 0 Å². The molecule has 1 N–H and O–H groups in total. The lowest BCUT2D eigenvalue weighted by atomic mass is 9.93. The molecule has 0 spiro atoms. The lowest BCUT2D eigenvalue weighted by molar-refractivity contribution is 0.0564. The summed E-state index contributed by atoms with van der Waals surface area (Å²) in [5, 5.41) is 4.57. The molecule has 2 atom stereocenters. The smallest absolute Gasteiger partial charge is 0.255 e. The van der Waals surface area contributed by atoms with Gasteiger partial charge in [0, 0.05) is 23.7 Å². The van der Waals surface area contributed by atoms with E-state index in [2.05, 4.69) is 5.32 Å². The van der Waals surface area contributed by atoms with Gasteiger partial charge in [0.25, 0.3) is 5.91 Å². The Kier molecular flexibility index (Phi) is 4.72. The second kappa shape index (κ2) is 6.55. The van der Waals surface area contributed by atoms with Crippen molar-refractivity contribution in [3.8, 4) is 0 Å². The highest BCUT2D eigenvalue weighted by molar-refractivity contribution is 6.35. The first-order valence-electron chi connectivity index (χ1n) is 7.66. The van der Waals surface area contributed by atoms with Gasteiger partial charge in [-0.05, 0) is 56.8 Å². The van der Waals surface area contributed by atoms with Gasteiger partial charge in [0.05, 0.1) is 10.6 Å². The normalized spacial score (nSPS) is 26.1. The molecule has 0 bridgehead atoms. The van der Waals surface area contributed by atoms with Gasteiger partial charge >= 0.3 is 0 Å². The zero-order valence-electron chi connectivity index (χ0n) is 11.9. The fourth-order valence-corrected chi connectivity index (χ4v) is 3.85. The maximum absolute atomic E-state index is 12.9. The molecule has 21 heavy (non-hydrogen) atoms. The molecule has 2 saturated heterocycles. The Hall–Kier alpha value is -0.770. The number of nitrogens with one attached hydrogen (secondary N) is 1. The molecule has 1 aromatic rings. The quantitative estimate of drug-likeness (QED) is 0.897. The van der Waals surface area contributed by atoms with Gasteiger partial charge in [-0.1, -0.05) is 23.2 Å². The van der Waals surface area contributed by atoms with E-state index in [4.69, 9.17) is 23.2 Å². The van der Waals surface area contributed by atoms with Crippen molar-refractivity contribution in [2.45, 2.75) is 44.2 Å². The van der Waals surface area contributed by atoms with Crippen LogP contribution >= 0.6 is 23.2 Å². The number of carbonyl (C=O) groups excluding carboxylic acids is 1. The molecule has 114 valence electrons. The van der Waals surface area contributed by atoms with Crippen LogP contribution in [0.3, 0.4) is 0 Å². The molecule has 2 aliphatic rings. The maximum atomic E-state index is 12.9. The Balaban J connectivity index is 1.85.